The summed E-state index contributed by atoms with van der Waals surface area (Å²) in [6.45, 7) is 12.7. The number of anilines is 1. The number of fused-ring (bicyclic) bond motifs is 2. The second kappa shape index (κ2) is 8.41. The van der Waals surface area contributed by atoms with Crippen LogP contribution in [0.1, 0.15) is 88.2 Å². The minimum absolute atomic E-state index is 0.0825. The topological polar surface area (TPSA) is 111 Å². The van der Waals surface area contributed by atoms with Crippen molar-refractivity contribution in [3.8, 4) is 6.07 Å². The van der Waals surface area contributed by atoms with Gasteiger partial charge in [0.1, 0.15) is 17.4 Å². The molecule has 37 heavy (non-hydrogen) atoms. The van der Waals surface area contributed by atoms with Gasteiger partial charge in [0.2, 0.25) is 0 Å². The summed E-state index contributed by atoms with van der Waals surface area (Å²) in [6.07, 6.45) is 10.6. The van der Waals surface area contributed by atoms with Crippen LogP contribution in [0.3, 0.4) is 0 Å². The van der Waals surface area contributed by atoms with Crippen LogP contribution in [0.4, 0.5) is 5.69 Å². The van der Waals surface area contributed by atoms with E-state index in [1.165, 1.54) is 6.20 Å². The summed E-state index contributed by atoms with van der Waals surface area (Å²) in [7, 11) is 0. The number of aliphatic hydroxyl groups is 1. The Kier molecular flexibility index (Phi) is 5.78. The Labute approximate surface area is 218 Å². The highest BCUT2D eigenvalue weighted by Gasteiger charge is 2.63. The maximum absolute atomic E-state index is 13.0. The van der Waals surface area contributed by atoms with E-state index >= 15 is 0 Å². The first kappa shape index (κ1) is 25.4. The third-order valence-electron chi connectivity index (χ3n) is 9.18. The van der Waals surface area contributed by atoms with E-state index in [1.807, 2.05) is 52.0 Å². The predicted molar refractivity (Wildman–Crippen MR) is 143 cm³/mol. The van der Waals surface area contributed by atoms with Crippen LogP contribution < -0.4 is 5.32 Å². The number of carbonyl (C=O) groups is 1. The molecular weight excluding hydrogens is 464 g/mol. The number of ether oxygens (including phenoxy) is 1. The zero-order valence-corrected chi connectivity index (χ0v) is 22.5. The Morgan fingerprint density at radius 1 is 1.19 bits per heavy atom. The monoisotopic (exact) mass is 500 g/mol. The first-order chi connectivity index (χ1) is 17.3. The van der Waals surface area contributed by atoms with Crippen molar-refractivity contribution in [3.63, 3.8) is 0 Å². The lowest BCUT2D eigenvalue weighted by atomic mass is 9.62. The van der Waals surface area contributed by atoms with Crippen molar-refractivity contribution in [2.75, 3.05) is 5.32 Å². The zero-order chi connectivity index (χ0) is 26.8. The van der Waals surface area contributed by atoms with Crippen LogP contribution in [0.15, 0.2) is 42.6 Å². The summed E-state index contributed by atoms with van der Waals surface area (Å²) in [5.74, 6) is -0.719. The van der Waals surface area contributed by atoms with Crippen molar-refractivity contribution >= 4 is 17.2 Å². The second-order valence-corrected chi connectivity index (χ2v) is 12.1. The smallest absolute Gasteiger partial charge is 0.291 e. The Bertz CT molecular complexity index is 1340. The summed E-state index contributed by atoms with van der Waals surface area (Å²) in [6, 6.07) is 7.81. The van der Waals surface area contributed by atoms with Gasteiger partial charge in [-0.1, -0.05) is 52.0 Å². The Hall–Kier alpha value is -3.21. The van der Waals surface area contributed by atoms with Crippen molar-refractivity contribution in [1.82, 2.24) is 9.97 Å². The number of amides is 1. The number of carbonyl (C=O) groups excluding carboxylic acids is 1. The van der Waals surface area contributed by atoms with Gasteiger partial charge in [-0.25, -0.2) is 4.98 Å². The number of hydrogen-bond donors (Lipinski definition) is 3. The number of H-pyrrole nitrogens is 1. The van der Waals surface area contributed by atoms with Crippen LogP contribution in [-0.2, 0) is 10.3 Å². The fraction of sp³-hybridized carbons (Fsp3) is 0.500. The van der Waals surface area contributed by atoms with Crippen LogP contribution in [0.5, 0.6) is 0 Å². The number of aromatic nitrogens is 2. The summed E-state index contributed by atoms with van der Waals surface area (Å²) < 4.78 is 6.45. The number of benzene rings is 1. The number of nitrogens with zero attached hydrogens (tertiary/aromatic N) is 2. The molecule has 3 N–H and O–H groups in total. The number of allylic oxidation sites excluding steroid dienone is 2. The minimum atomic E-state index is -1.14. The lowest BCUT2D eigenvalue weighted by Gasteiger charge is -2.55. The molecule has 1 aliphatic carbocycles. The Morgan fingerprint density at radius 2 is 1.86 bits per heavy atom. The van der Waals surface area contributed by atoms with Crippen molar-refractivity contribution in [2.45, 2.75) is 77.6 Å². The average Bonchev–Trinajstić information content (AvgIpc) is 3.47. The molecule has 0 radical (unpaired) electrons. The molecule has 2 aromatic rings. The van der Waals surface area contributed by atoms with Gasteiger partial charge in [0.05, 0.1) is 17.4 Å². The Balaban J connectivity index is 1.58. The van der Waals surface area contributed by atoms with Crippen molar-refractivity contribution in [3.05, 3.63) is 65.3 Å². The van der Waals surface area contributed by atoms with Gasteiger partial charge in [0.25, 0.3) is 5.91 Å². The highest BCUT2D eigenvalue weighted by Crippen LogP contribution is 2.58. The fourth-order valence-corrected chi connectivity index (χ4v) is 6.25. The van der Waals surface area contributed by atoms with E-state index < -0.39 is 22.7 Å². The lowest BCUT2D eigenvalue weighted by molar-refractivity contribution is -0.257. The quantitative estimate of drug-likeness (QED) is 0.466. The highest BCUT2D eigenvalue weighted by molar-refractivity contribution is 6.03. The van der Waals surface area contributed by atoms with Gasteiger partial charge in [-0.3, -0.25) is 4.79 Å². The van der Waals surface area contributed by atoms with E-state index in [0.29, 0.717) is 5.69 Å². The van der Waals surface area contributed by atoms with Crippen LogP contribution >= 0.6 is 0 Å². The van der Waals surface area contributed by atoms with Crippen LogP contribution in [0.25, 0.3) is 5.57 Å². The highest BCUT2D eigenvalue weighted by atomic mass is 16.5. The van der Waals surface area contributed by atoms with Gasteiger partial charge in [-0.05, 0) is 61.8 Å². The molecule has 2 unspecified atom stereocenters. The molecule has 3 aliphatic rings. The van der Waals surface area contributed by atoms with E-state index in [4.69, 9.17) is 10.00 Å². The largest absolute Gasteiger partial charge is 0.384 e. The molecule has 7 heteroatoms. The fourth-order valence-electron chi connectivity index (χ4n) is 6.25. The molecule has 2 bridgehead atoms. The maximum atomic E-state index is 13.0. The lowest BCUT2D eigenvalue weighted by Crippen LogP contribution is -2.61. The molecular formula is C30H36N4O3. The van der Waals surface area contributed by atoms with Gasteiger partial charge in [0, 0.05) is 23.1 Å². The molecule has 2 aliphatic heterocycles. The van der Waals surface area contributed by atoms with Crippen LogP contribution in [0.2, 0.25) is 0 Å². The zero-order valence-electron chi connectivity index (χ0n) is 22.5. The third kappa shape index (κ3) is 4.03. The normalized spacial score (nSPS) is 34.1. The number of hydrogen-bond acceptors (Lipinski definition) is 5. The third-order valence-corrected chi connectivity index (χ3v) is 9.18. The molecule has 1 saturated heterocycles. The molecule has 5 atom stereocenters. The maximum Gasteiger partial charge on any atom is 0.291 e. The molecule has 0 saturated carbocycles. The molecule has 1 aromatic heterocycles. The van der Waals surface area contributed by atoms with E-state index in [9.17, 15) is 9.90 Å². The summed E-state index contributed by atoms with van der Waals surface area (Å²) in [5, 5.41) is 24.5. The van der Waals surface area contributed by atoms with Gasteiger partial charge < -0.3 is 20.1 Å². The van der Waals surface area contributed by atoms with Gasteiger partial charge in [-0.15, -0.1) is 0 Å². The van der Waals surface area contributed by atoms with E-state index in [1.54, 1.807) is 0 Å². The molecule has 3 heterocycles. The van der Waals surface area contributed by atoms with Crippen molar-refractivity contribution < 1.29 is 14.6 Å². The minimum Gasteiger partial charge on any atom is -0.384 e. The molecule has 0 spiro atoms. The summed E-state index contributed by atoms with van der Waals surface area (Å²) in [5.41, 5.74) is 1.70. The van der Waals surface area contributed by atoms with Crippen molar-refractivity contribution in [2.24, 2.45) is 17.3 Å². The van der Waals surface area contributed by atoms with Gasteiger partial charge in [0.15, 0.2) is 5.82 Å². The molecule has 1 fully saturated rings. The van der Waals surface area contributed by atoms with E-state index in [2.05, 4.69) is 47.4 Å². The van der Waals surface area contributed by atoms with Crippen LogP contribution in [-0.4, -0.2) is 32.2 Å². The SMILES string of the molecule is C[C@@H]1C2(C)C=C[C@@](C)(O2)[C@H](C)C1(O)c1ccc(NC(=O)c2ncc(C#N)[nH]2)c(C2=CCC(C)(C)CC2)c1. The van der Waals surface area contributed by atoms with E-state index in [0.717, 1.165) is 36.0 Å². The van der Waals surface area contributed by atoms with Crippen molar-refractivity contribution in [1.29, 1.82) is 5.26 Å². The predicted octanol–water partition coefficient (Wildman–Crippen LogP) is 5.70. The number of aromatic amines is 1. The Morgan fingerprint density at radius 3 is 2.43 bits per heavy atom. The number of nitriles is 1. The first-order valence-corrected chi connectivity index (χ1v) is 13.0. The van der Waals surface area contributed by atoms with E-state index in [-0.39, 0.29) is 28.8 Å². The van der Waals surface area contributed by atoms with Gasteiger partial charge in [-0.2, -0.15) is 5.26 Å². The molecule has 1 aromatic carbocycles. The first-order valence-electron chi connectivity index (χ1n) is 13.0. The molecule has 1 amide bonds. The molecule has 7 nitrogen and oxygen atoms in total. The standard InChI is InChI=1S/C30H36N4O3/c1-18-28(5)13-14-29(6,37-28)19(2)30(18,36)21-7-8-24(34-26(35)25-32-17-22(16-31)33-25)23(15-21)20-9-11-27(3,4)12-10-20/h7-9,13-15,17-19,36H,10-12H2,1-6H3,(H,32,33)(H,34,35)/t18-,19+,28+,29?,30?/m0/s1. The summed E-state index contributed by atoms with van der Waals surface area (Å²) in [4.78, 5) is 19.8. The van der Waals surface area contributed by atoms with Crippen LogP contribution in [0, 0.1) is 28.6 Å². The number of rotatable bonds is 4. The molecule has 194 valence electrons. The summed E-state index contributed by atoms with van der Waals surface area (Å²) >= 11 is 0. The number of imidazole rings is 1. The van der Waals surface area contributed by atoms with Gasteiger partial charge >= 0.3 is 0 Å². The number of nitrogens with one attached hydrogen (secondary N) is 2. The average molecular weight is 501 g/mol. The molecule has 5 rings (SSSR count). The second-order valence-electron chi connectivity index (χ2n) is 12.1.